The molecule has 0 heterocycles. The molecule has 8 heteroatoms. The minimum absolute atomic E-state index is 0.0853. The summed E-state index contributed by atoms with van der Waals surface area (Å²) in [5.41, 5.74) is 1.58. The molecule has 0 saturated carbocycles. The van der Waals surface area contributed by atoms with Gasteiger partial charge >= 0.3 is 0 Å². The molecule has 0 saturated heterocycles. The highest BCUT2D eigenvalue weighted by Gasteiger charge is 2.19. The van der Waals surface area contributed by atoms with Crippen molar-refractivity contribution in [3.8, 4) is 22.6 Å². The maximum atomic E-state index is 9.08. The first-order valence-electron chi connectivity index (χ1n) is 6.93. The molecule has 2 aromatic rings. The van der Waals surface area contributed by atoms with Crippen molar-refractivity contribution in [3.63, 3.8) is 0 Å². The Kier molecular flexibility index (Phi) is 8.03. The molecule has 0 aliphatic rings. The molecular formula is C16H14Br4O4. The molecule has 2 aromatic carbocycles. The normalized spacial score (nSPS) is 10.8. The Bertz CT molecular complexity index is 660. The third-order valence-corrected chi connectivity index (χ3v) is 5.08. The molecular weight excluding hydrogens is 576 g/mol. The quantitative estimate of drug-likeness (QED) is 0.469. The topological polar surface area (TPSA) is 58.9 Å². The molecule has 0 radical (unpaired) electrons. The number of aliphatic hydroxyl groups excluding tert-OH is 2. The molecule has 0 unspecified atom stereocenters. The molecule has 0 aliphatic carbocycles. The van der Waals surface area contributed by atoms with Crippen LogP contribution in [0, 0.1) is 0 Å². The molecule has 0 fully saturated rings. The number of rotatable bonds is 7. The van der Waals surface area contributed by atoms with Crippen LogP contribution >= 0.6 is 63.7 Å². The second kappa shape index (κ2) is 9.54. The van der Waals surface area contributed by atoms with E-state index in [2.05, 4.69) is 63.7 Å². The maximum Gasteiger partial charge on any atom is 0.141 e. The molecule has 0 spiro atoms. The Balaban J connectivity index is 2.65. The van der Waals surface area contributed by atoms with Gasteiger partial charge in [0.15, 0.2) is 0 Å². The molecule has 2 N–H and O–H groups in total. The van der Waals surface area contributed by atoms with E-state index in [4.69, 9.17) is 19.7 Å². The Morgan fingerprint density at radius 2 is 1.04 bits per heavy atom. The summed E-state index contributed by atoms with van der Waals surface area (Å²) in [4.78, 5) is 0. The zero-order valence-electron chi connectivity index (χ0n) is 12.4. The first-order chi connectivity index (χ1) is 11.5. The molecule has 0 bridgehead atoms. The summed E-state index contributed by atoms with van der Waals surface area (Å²) in [6, 6.07) is 7.57. The van der Waals surface area contributed by atoms with Gasteiger partial charge < -0.3 is 19.7 Å². The number of halogens is 4. The summed E-state index contributed by atoms with van der Waals surface area (Å²) in [6.45, 7) is 0.181. The second-order valence-corrected chi connectivity index (χ2v) is 8.21. The Morgan fingerprint density at radius 3 is 1.38 bits per heavy atom. The zero-order chi connectivity index (χ0) is 17.7. The van der Waals surface area contributed by atoms with Crippen LogP contribution in [-0.2, 0) is 0 Å². The molecule has 0 atom stereocenters. The molecule has 0 aliphatic heterocycles. The predicted molar refractivity (Wildman–Crippen MR) is 108 cm³/mol. The van der Waals surface area contributed by atoms with Gasteiger partial charge in [-0.25, -0.2) is 0 Å². The van der Waals surface area contributed by atoms with E-state index in [1.54, 1.807) is 0 Å². The Labute approximate surface area is 173 Å². The van der Waals surface area contributed by atoms with Crippen molar-refractivity contribution in [2.24, 2.45) is 0 Å². The first-order valence-corrected chi connectivity index (χ1v) is 10.1. The van der Waals surface area contributed by atoms with Crippen LogP contribution in [0.5, 0.6) is 11.5 Å². The molecule has 4 nitrogen and oxygen atoms in total. The van der Waals surface area contributed by atoms with Gasteiger partial charge in [0, 0.05) is 20.1 Å². The summed E-state index contributed by atoms with van der Waals surface area (Å²) < 4.78 is 14.7. The zero-order valence-corrected chi connectivity index (χ0v) is 18.7. The lowest BCUT2D eigenvalue weighted by Gasteiger charge is -2.18. The monoisotopic (exact) mass is 586 g/mol. The van der Waals surface area contributed by atoms with Gasteiger partial charge in [-0.05, 0) is 56.1 Å². The average Bonchev–Trinajstić information content (AvgIpc) is 2.52. The van der Waals surface area contributed by atoms with Crippen LogP contribution in [0.25, 0.3) is 11.1 Å². The molecule has 0 aromatic heterocycles. The fourth-order valence-electron chi connectivity index (χ4n) is 2.11. The van der Waals surface area contributed by atoms with Crippen molar-refractivity contribution < 1.29 is 19.7 Å². The summed E-state index contributed by atoms with van der Waals surface area (Å²) in [5.74, 6) is 1.21. The van der Waals surface area contributed by atoms with E-state index in [-0.39, 0.29) is 26.4 Å². The molecule has 130 valence electrons. The van der Waals surface area contributed by atoms with Crippen LogP contribution in [0.15, 0.2) is 42.2 Å². The van der Waals surface area contributed by atoms with Crippen LogP contribution in [0.4, 0.5) is 0 Å². The van der Waals surface area contributed by atoms with Crippen molar-refractivity contribution in [2.75, 3.05) is 26.4 Å². The van der Waals surface area contributed by atoms with Crippen molar-refractivity contribution in [1.82, 2.24) is 0 Å². The Morgan fingerprint density at radius 1 is 0.667 bits per heavy atom. The highest BCUT2D eigenvalue weighted by Crippen LogP contribution is 2.46. The second-order valence-electron chi connectivity index (χ2n) is 4.67. The molecule has 2 rings (SSSR count). The van der Waals surface area contributed by atoms with Gasteiger partial charge in [0.25, 0.3) is 0 Å². The lowest BCUT2D eigenvalue weighted by atomic mass is 10.0. The minimum Gasteiger partial charge on any atom is -0.489 e. The van der Waals surface area contributed by atoms with E-state index in [1.807, 2.05) is 24.3 Å². The number of hydrogen-bond acceptors (Lipinski definition) is 4. The van der Waals surface area contributed by atoms with Crippen LogP contribution in [-0.4, -0.2) is 36.6 Å². The van der Waals surface area contributed by atoms with Crippen molar-refractivity contribution in [1.29, 1.82) is 0 Å². The molecule has 0 amide bonds. The minimum atomic E-state index is -0.0853. The fraction of sp³-hybridized carbons (Fsp3) is 0.250. The van der Waals surface area contributed by atoms with E-state index in [0.29, 0.717) is 11.5 Å². The van der Waals surface area contributed by atoms with Gasteiger partial charge in [-0.15, -0.1) is 0 Å². The average molecular weight is 590 g/mol. The number of aliphatic hydroxyl groups is 2. The van der Waals surface area contributed by atoms with E-state index >= 15 is 0 Å². The highest BCUT2D eigenvalue weighted by atomic mass is 79.9. The number of hydrogen-bond donors (Lipinski definition) is 2. The SMILES string of the molecule is OCCOc1c(Br)cc(Br)cc1-c1cc(Br)cc(Br)c1OCCO. The predicted octanol–water partition coefficient (Wildman–Crippen LogP) is 5.15. The van der Waals surface area contributed by atoms with Gasteiger partial charge in [0.1, 0.15) is 24.7 Å². The molecule has 24 heavy (non-hydrogen) atoms. The highest BCUT2D eigenvalue weighted by molar-refractivity contribution is 9.11. The number of benzene rings is 2. The summed E-state index contributed by atoms with van der Waals surface area (Å²) in [5, 5.41) is 18.2. The van der Waals surface area contributed by atoms with Crippen LogP contribution in [0.2, 0.25) is 0 Å². The van der Waals surface area contributed by atoms with Crippen molar-refractivity contribution in [3.05, 3.63) is 42.2 Å². The lowest BCUT2D eigenvalue weighted by Crippen LogP contribution is -2.06. The van der Waals surface area contributed by atoms with Crippen molar-refractivity contribution >= 4 is 63.7 Å². The smallest absolute Gasteiger partial charge is 0.141 e. The van der Waals surface area contributed by atoms with Crippen LogP contribution in [0.1, 0.15) is 0 Å². The summed E-state index contributed by atoms with van der Waals surface area (Å²) >= 11 is 14.0. The summed E-state index contributed by atoms with van der Waals surface area (Å²) in [6.07, 6.45) is 0. The van der Waals surface area contributed by atoms with E-state index in [9.17, 15) is 0 Å². The Hall–Kier alpha value is -0.120. The number of ether oxygens (including phenoxy) is 2. The van der Waals surface area contributed by atoms with E-state index in [1.165, 1.54) is 0 Å². The standard InChI is InChI=1S/C16H14Br4O4/c17-9-5-11(15(13(19)7-9)23-3-1-21)12-6-10(18)8-14(20)16(12)24-4-2-22/h5-8,21-22H,1-4H2. The van der Waals surface area contributed by atoms with E-state index < -0.39 is 0 Å². The largest absolute Gasteiger partial charge is 0.489 e. The van der Waals surface area contributed by atoms with Crippen LogP contribution < -0.4 is 9.47 Å². The van der Waals surface area contributed by atoms with Gasteiger partial charge in [-0.3, -0.25) is 0 Å². The van der Waals surface area contributed by atoms with E-state index in [0.717, 1.165) is 29.0 Å². The third-order valence-electron chi connectivity index (χ3n) is 2.98. The lowest BCUT2D eigenvalue weighted by molar-refractivity contribution is 0.199. The van der Waals surface area contributed by atoms with Gasteiger partial charge in [0.05, 0.1) is 22.2 Å². The fourth-order valence-corrected chi connectivity index (χ4v) is 4.79. The summed E-state index contributed by atoms with van der Waals surface area (Å²) in [7, 11) is 0. The third kappa shape index (κ3) is 4.95. The van der Waals surface area contributed by atoms with Gasteiger partial charge in [-0.1, -0.05) is 31.9 Å². The van der Waals surface area contributed by atoms with Gasteiger partial charge in [-0.2, -0.15) is 0 Å². The first kappa shape index (κ1) is 20.2. The van der Waals surface area contributed by atoms with Gasteiger partial charge in [0.2, 0.25) is 0 Å². The maximum absolute atomic E-state index is 9.08. The van der Waals surface area contributed by atoms with Crippen molar-refractivity contribution in [2.45, 2.75) is 0 Å². The van der Waals surface area contributed by atoms with Crippen LogP contribution in [0.3, 0.4) is 0 Å².